The molecule has 116 valence electrons. The number of carbonyl (C=O) groups is 1. The summed E-state index contributed by atoms with van der Waals surface area (Å²) < 4.78 is 22.9. The van der Waals surface area contributed by atoms with E-state index in [1.54, 1.807) is 0 Å². The highest BCUT2D eigenvalue weighted by molar-refractivity contribution is 7.89. The van der Waals surface area contributed by atoms with Crippen molar-refractivity contribution in [2.24, 2.45) is 5.14 Å². The summed E-state index contributed by atoms with van der Waals surface area (Å²) >= 11 is 11.7. The van der Waals surface area contributed by atoms with Crippen molar-refractivity contribution in [2.75, 3.05) is 0 Å². The topological polar surface area (TPSA) is 89.3 Å². The van der Waals surface area contributed by atoms with E-state index >= 15 is 0 Å². The summed E-state index contributed by atoms with van der Waals surface area (Å²) in [6, 6.07) is 11.5. The highest BCUT2D eigenvalue weighted by Crippen LogP contribution is 2.28. The van der Waals surface area contributed by atoms with Crippen LogP contribution in [0.1, 0.15) is 15.9 Å². The molecule has 22 heavy (non-hydrogen) atoms. The molecular weight excluding hydrogens is 347 g/mol. The molecule has 0 unspecified atom stereocenters. The van der Waals surface area contributed by atoms with Crippen LogP contribution in [0.5, 0.6) is 0 Å². The minimum Gasteiger partial charge on any atom is -0.348 e. The van der Waals surface area contributed by atoms with Crippen molar-refractivity contribution < 1.29 is 13.2 Å². The predicted molar refractivity (Wildman–Crippen MR) is 85.4 cm³/mol. The van der Waals surface area contributed by atoms with Crippen molar-refractivity contribution >= 4 is 39.1 Å². The lowest BCUT2D eigenvalue weighted by molar-refractivity contribution is 0.0951. The number of sulfonamides is 1. The molecule has 8 heteroatoms. The van der Waals surface area contributed by atoms with Crippen LogP contribution >= 0.6 is 23.2 Å². The summed E-state index contributed by atoms with van der Waals surface area (Å²) in [6.45, 7) is 0.281. The summed E-state index contributed by atoms with van der Waals surface area (Å²) in [4.78, 5) is 11.8. The SMILES string of the molecule is NS(=O)(=O)c1cc(C(=O)NCc2ccccc2)c(Cl)cc1Cl. The third kappa shape index (κ3) is 3.98. The Hall–Kier alpha value is -1.60. The number of nitrogens with one attached hydrogen (secondary N) is 1. The number of halogens is 2. The Bertz CT molecular complexity index is 808. The lowest BCUT2D eigenvalue weighted by Gasteiger charge is -2.09. The number of primary sulfonamides is 1. The van der Waals surface area contributed by atoms with Crippen LogP contribution in [0.15, 0.2) is 47.4 Å². The third-order valence-electron chi connectivity index (χ3n) is 2.87. The maximum Gasteiger partial charge on any atom is 0.253 e. The first-order valence-corrected chi connectivity index (χ1v) is 8.43. The van der Waals surface area contributed by atoms with Crippen LogP contribution in [0.3, 0.4) is 0 Å². The molecule has 2 aromatic carbocycles. The van der Waals surface area contributed by atoms with Crippen LogP contribution in [0, 0.1) is 0 Å². The second-order valence-corrected chi connectivity index (χ2v) is 6.82. The molecule has 0 atom stereocenters. The lowest BCUT2D eigenvalue weighted by Crippen LogP contribution is -2.24. The second kappa shape index (κ2) is 6.66. The molecule has 0 bridgehead atoms. The summed E-state index contributed by atoms with van der Waals surface area (Å²) in [6.07, 6.45) is 0. The number of nitrogens with two attached hydrogens (primary N) is 1. The molecule has 0 aliphatic carbocycles. The van der Waals surface area contributed by atoms with Crippen molar-refractivity contribution in [1.82, 2.24) is 5.32 Å². The molecule has 0 saturated carbocycles. The average molecular weight is 359 g/mol. The van der Waals surface area contributed by atoms with E-state index in [0.29, 0.717) is 0 Å². The first-order valence-electron chi connectivity index (χ1n) is 6.13. The minimum absolute atomic E-state index is 0.00831. The standard InChI is InChI=1S/C14H12Cl2N2O3S/c15-11-7-12(16)13(22(17,20)21)6-10(11)14(19)18-8-9-4-2-1-3-5-9/h1-7H,8H2,(H,18,19)(H2,17,20,21). The molecule has 0 aliphatic rings. The summed E-state index contributed by atoms with van der Waals surface area (Å²) in [7, 11) is -4.04. The van der Waals surface area contributed by atoms with Crippen molar-refractivity contribution in [1.29, 1.82) is 0 Å². The first-order chi connectivity index (χ1) is 10.3. The van der Waals surface area contributed by atoms with Gasteiger partial charge in [0.05, 0.1) is 15.6 Å². The summed E-state index contributed by atoms with van der Waals surface area (Å²) in [5.41, 5.74) is 0.888. The molecule has 5 nitrogen and oxygen atoms in total. The quantitative estimate of drug-likeness (QED) is 0.879. The van der Waals surface area contributed by atoms with E-state index in [4.69, 9.17) is 28.3 Å². The fourth-order valence-electron chi connectivity index (χ4n) is 1.79. The fraction of sp³-hybridized carbons (Fsp3) is 0.0714. The molecular formula is C14H12Cl2N2O3S. The van der Waals surface area contributed by atoms with Gasteiger partial charge in [0.2, 0.25) is 10.0 Å². The molecule has 0 heterocycles. The second-order valence-electron chi connectivity index (χ2n) is 4.48. The van der Waals surface area contributed by atoms with Gasteiger partial charge in [0.15, 0.2) is 0 Å². The third-order valence-corrected chi connectivity index (χ3v) is 4.56. The Morgan fingerprint density at radius 1 is 1.09 bits per heavy atom. The Kier molecular flexibility index (Phi) is 5.08. The van der Waals surface area contributed by atoms with Crippen LogP contribution in [0.2, 0.25) is 10.0 Å². The highest BCUT2D eigenvalue weighted by atomic mass is 35.5. The van der Waals surface area contributed by atoms with Crippen molar-refractivity contribution in [3.63, 3.8) is 0 Å². The smallest absolute Gasteiger partial charge is 0.253 e. The number of amides is 1. The normalized spacial score (nSPS) is 11.2. The van der Waals surface area contributed by atoms with Crippen LogP contribution < -0.4 is 10.5 Å². The largest absolute Gasteiger partial charge is 0.348 e. The Morgan fingerprint density at radius 3 is 2.32 bits per heavy atom. The maximum atomic E-state index is 12.2. The van der Waals surface area contributed by atoms with Crippen LogP contribution in [0.25, 0.3) is 0 Å². The molecule has 0 aromatic heterocycles. The van der Waals surface area contributed by atoms with E-state index < -0.39 is 15.9 Å². The Labute approximate surface area is 138 Å². The monoisotopic (exact) mass is 358 g/mol. The van der Waals surface area contributed by atoms with E-state index in [2.05, 4.69) is 5.32 Å². The van der Waals surface area contributed by atoms with E-state index in [1.165, 1.54) is 6.07 Å². The number of hydrogen-bond acceptors (Lipinski definition) is 3. The average Bonchev–Trinajstić information content (AvgIpc) is 2.44. The fourth-order valence-corrected chi connectivity index (χ4v) is 3.20. The van der Waals surface area contributed by atoms with E-state index in [0.717, 1.165) is 11.6 Å². The van der Waals surface area contributed by atoms with Gasteiger partial charge in [0.1, 0.15) is 4.90 Å². The number of benzene rings is 2. The van der Waals surface area contributed by atoms with Gasteiger partial charge in [-0.05, 0) is 17.7 Å². The zero-order valence-electron chi connectivity index (χ0n) is 11.2. The van der Waals surface area contributed by atoms with E-state index in [9.17, 15) is 13.2 Å². The van der Waals surface area contributed by atoms with Gasteiger partial charge in [-0.25, -0.2) is 13.6 Å². The zero-order valence-corrected chi connectivity index (χ0v) is 13.5. The molecule has 2 aromatic rings. The van der Waals surface area contributed by atoms with Crippen molar-refractivity contribution in [2.45, 2.75) is 11.4 Å². The van der Waals surface area contributed by atoms with Crippen molar-refractivity contribution in [3.05, 3.63) is 63.6 Å². The number of rotatable bonds is 4. The maximum absolute atomic E-state index is 12.2. The van der Waals surface area contributed by atoms with Gasteiger partial charge >= 0.3 is 0 Å². The Morgan fingerprint density at radius 2 is 1.73 bits per heavy atom. The molecule has 1 amide bonds. The van der Waals surface area contributed by atoms with Crippen molar-refractivity contribution in [3.8, 4) is 0 Å². The van der Waals surface area contributed by atoms with Gasteiger partial charge in [0, 0.05) is 6.54 Å². The van der Waals surface area contributed by atoms with Gasteiger partial charge in [-0.15, -0.1) is 0 Å². The highest BCUT2D eigenvalue weighted by Gasteiger charge is 2.19. The Balaban J connectivity index is 2.26. The number of hydrogen-bond donors (Lipinski definition) is 2. The molecule has 0 spiro atoms. The van der Waals surface area contributed by atoms with Gasteiger partial charge in [-0.3, -0.25) is 4.79 Å². The molecule has 0 fully saturated rings. The summed E-state index contributed by atoms with van der Waals surface area (Å²) in [5, 5.41) is 7.62. The van der Waals surface area contributed by atoms with Gasteiger partial charge in [0.25, 0.3) is 5.91 Å². The van der Waals surface area contributed by atoms with E-state index in [-0.39, 0.29) is 27.0 Å². The minimum atomic E-state index is -4.04. The lowest BCUT2D eigenvalue weighted by atomic mass is 10.2. The molecule has 0 saturated heterocycles. The van der Waals surface area contributed by atoms with Gasteiger partial charge in [-0.1, -0.05) is 53.5 Å². The zero-order chi connectivity index (χ0) is 16.3. The van der Waals surface area contributed by atoms with Gasteiger partial charge < -0.3 is 5.32 Å². The van der Waals surface area contributed by atoms with Gasteiger partial charge in [-0.2, -0.15) is 0 Å². The molecule has 0 aliphatic heterocycles. The first kappa shape index (κ1) is 16.8. The molecule has 2 rings (SSSR count). The van der Waals surface area contributed by atoms with Crippen LogP contribution in [-0.4, -0.2) is 14.3 Å². The summed E-state index contributed by atoms with van der Waals surface area (Å²) in [5.74, 6) is -0.518. The number of carbonyl (C=O) groups excluding carboxylic acids is 1. The molecule has 0 radical (unpaired) electrons. The van der Waals surface area contributed by atoms with Crippen LogP contribution in [-0.2, 0) is 16.6 Å². The predicted octanol–water partition coefficient (Wildman–Crippen LogP) is 2.57. The molecule has 3 N–H and O–H groups in total. The van der Waals surface area contributed by atoms with Crippen LogP contribution in [0.4, 0.5) is 0 Å². The van der Waals surface area contributed by atoms with E-state index in [1.807, 2.05) is 30.3 Å².